The molecule has 12 nitrogen and oxygen atoms in total. The number of ketones is 2. The van der Waals surface area contributed by atoms with Crippen molar-refractivity contribution in [3.05, 3.63) is 29.8 Å². The van der Waals surface area contributed by atoms with Crippen molar-refractivity contribution in [2.75, 3.05) is 25.5 Å². The quantitative estimate of drug-likeness (QED) is 0.187. The Morgan fingerprint density at radius 2 is 1.57 bits per heavy atom. The molecular weight excluding hydrogens is 600 g/mol. The fraction of sp³-hybridized carbons (Fsp3) is 0.657. The van der Waals surface area contributed by atoms with E-state index >= 15 is 0 Å². The van der Waals surface area contributed by atoms with Crippen molar-refractivity contribution in [3.8, 4) is 0 Å². The van der Waals surface area contributed by atoms with Crippen molar-refractivity contribution in [2.45, 2.75) is 91.9 Å². The number of primary amides is 1. The number of fused-ring (bicyclic) bond motifs is 1. The Hall–Kier alpha value is -3.96. The maximum Gasteiger partial charge on any atom is 0.316 e. The van der Waals surface area contributed by atoms with E-state index in [1.807, 2.05) is 79.6 Å². The maximum absolute atomic E-state index is 14.3. The van der Waals surface area contributed by atoms with E-state index in [-0.39, 0.29) is 34.9 Å². The first kappa shape index (κ1) is 35.9. The molecule has 12 heteroatoms. The largest absolute Gasteiger partial charge is 0.378 e. The van der Waals surface area contributed by atoms with Gasteiger partial charge in [-0.05, 0) is 65.2 Å². The molecule has 1 heterocycles. The van der Waals surface area contributed by atoms with Crippen LogP contribution in [0.25, 0.3) is 0 Å². The predicted octanol–water partition coefficient (Wildman–Crippen LogP) is 2.50. The Kier molecular flexibility index (Phi) is 10.1. The smallest absolute Gasteiger partial charge is 0.316 e. The summed E-state index contributed by atoms with van der Waals surface area (Å²) in [5.74, 6) is -3.21. The number of carbonyl (C=O) groups is 6. The molecule has 6 atom stereocenters. The molecule has 3 aliphatic rings. The number of amides is 5. The number of rotatable bonds is 13. The molecular formula is C35H52N6O6. The lowest BCUT2D eigenvalue weighted by Crippen LogP contribution is -2.62. The average Bonchev–Trinajstić information content (AvgIpc) is 3.84. The molecule has 1 aromatic rings. The zero-order chi connectivity index (χ0) is 35.2. The Bertz CT molecular complexity index is 1410. The van der Waals surface area contributed by atoms with E-state index in [0.717, 1.165) is 18.5 Å². The first-order valence-electron chi connectivity index (χ1n) is 16.6. The van der Waals surface area contributed by atoms with Crippen molar-refractivity contribution in [1.29, 1.82) is 0 Å². The van der Waals surface area contributed by atoms with E-state index in [1.54, 1.807) is 12.1 Å². The van der Waals surface area contributed by atoms with Crippen LogP contribution in [0.5, 0.6) is 0 Å². The third kappa shape index (κ3) is 7.79. The van der Waals surface area contributed by atoms with Crippen LogP contribution in [0.4, 0.5) is 10.5 Å². The van der Waals surface area contributed by atoms with E-state index < -0.39 is 59.1 Å². The van der Waals surface area contributed by atoms with Gasteiger partial charge in [0.15, 0.2) is 5.78 Å². The number of anilines is 1. The Morgan fingerprint density at radius 3 is 2.06 bits per heavy atom. The minimum absolute atomic E-state index is 0.0622. The number of hydrogen-bond acceptors (Lipinski definition) is 7. The van der Waals surface area contributed by atoms with Gasteiger partial charge in [0.05, 0.1) is 12.1 Å². The summed E-state index contributed by atoms with van der Waals surface area (Å²) in [5, 5.41) is 8.38. The molecule has 47 heavy (non-hydrogen) atoms. The van der Waals surface area contributed by atoms with Gasteiger partial charge in [-0.15, -0.1) is 0 Å². The topological polar surface area (TPSA) is 171 Å². The lowest BCUT2D eigenvalue weighted by atomic mass is 9.85. The molecule has 1 aromatic carbocycles. The second kappa shape index (κ2) is 13.3. The molecule has 1 saturated heterocycles. The Morgan fingerprint density at radius 1 is 0.979 bits per heavy atom. The first-order chi connectivity index (χ1) is 21.7. The summed E-state index contributed by atoms with van der Waals surface area (Å²) < 4.78 is 0. The molecule has 2 saturated carbocycles. The van der Waals surface area contributed by atoms with Crippen LogP contribution in [-0.2, 0) is 19.2 Å². The molecule has 5 amide bonds. The molecule has 0 aromatic heterocycles. The van der Waals surface area contributed by atoms with Gasteiger partial charge in [-0.1, -0.05) is 61.3 Å². The minimum Gasteiger partial charge on any atom is -0.378 e. The zero-order valence-corrected chi connectivity index (χ0v) is 29.2. The van der Waals surface area contributed by atoms with Crippen molar-refractivity contribution in [1.82, 2.24) is 20.9 Å². The highest BCUT2D eigenvalue weighted by molar-refractivity contribution is 6.37. The molecule has 258 valence electrons. The number of benzene rings is 1. The van der Waals surface area contributed by atoms with Crippen molar-refractivity contribution >= 4 is 41.0 Å². The summed E-state index contributed by atoms with van der Waals surface area (Å²) in [4.78, 5) is 82.9. The second-order valence-electron chi connectivity index (χ2n) is 15.8. The number of Topliss-reactive ketones (excluding diaryl/α,β-unsaturated/α-hetero) is 2. The number of urea groups is 1. The van der Waals surface area contributed by atoms with Crippen LogP contribution < -0.4 is 26.6 Å². The van der Waals surface area contributed by atoms with Crippen LogP contribution in [0, 0.1) is 34.5 Å². The predicted molar refractivity (Wildman–Crippen MR) is 178 cm³/mol. The maximum atomic E-state index is 14.3. The van der Waals surface area contributed by atoms with Gasteiger partial charge < -0.3 is 31.5 Å². The molecule has 0 bridgehead atoms. The van der Waals surface area contributed by atoms with Gasteiger partial charge in [-0.3, -0.25) is 24.0 Å². The third-order valence-electron chi connectivity index (χ3n) is 10.2. The van der Waals surface area contributed by atoms with Gasteiger partial charge in [-0.25, -0.2) is 4.79 Å². The van der Waals surface area contributed by atoms with Gasteiger partial charge in [0.1, 0.15) is 12.1 Å². The average molecular weight is 653 g/mol. The summed E-state index contributed by atoms with van der Waals surface area (Å²) in [6.45, 7) is 13.5. The fourth-order valence-electron chi connectivity index (χ4n) is 6.93. The van der Waals surface area contributed by atoms with Crippen molar-refractivity contribution in [2.24, 2.45) is 40.2 Å². The highest BCUT2D eigenvalue weighted by atomic mass is 16.2. The summed E-state index contributed by atoms with van der Waals surface area (Å²) in [6, 6.07) is 2.66. The second-order valence-corrected chi connectivity index (χ2v) is 15.8. The van der Waals surface area contributed by atoms with Gasteiger partial charge in [0, 0.05) is 31.9 Å². The van der Waals surface area contributed by atoms with E-state index in [0.29, 0.717) is 18.5 Å². The van der Waals surface area contributed by atoms with E-state index in [9.17, 15) is 28.8 Å². The molecule has 1 aliphatic heterocycles. The molecule has 2 aliphatic carbocycles. The molecule has 0 spiro atoms. The van der Waals surface area contributed by atoms with E-state index in [4.69, 9.17) is 5.73 Å². The molecule has 1 unspecified atom stereocenters. The van der Waals surface area contributed by atoms with Crippen LogP contribution in [-0.4, -0.2) is 85.0 Å². The molecule has 5 N–H and O–H groups in total. The zero-order valence-electron chi connectivity index (χ0n) is 29.2. The van der Waals surface area contributed by atoms with Gasteiger partial charge in [-0.2, -0.15) is 0 Å². The number of nitrogens with one attached hydrogen (secondary N) is 3. The van der Waals surface area contributed by atoms with E-state index in [2.05, 4.69) is 16.0 Å². The highest BCUT2D eigenvalue weighted by Gasteiger charge is 2.70. The van der Waals surface area contributed by atoms with Crippen molar-refractivity contribution in [3.63, 3.8) is 0 Å². The SMILES string of the molecule is CC(C)[C@H](NC(=O)N[C@H](C(=O)N1C[C@H]2[C@@H]([C@H]1C(=O)NC(CC1CC1)C(=O)C(N)=O)C2(C)C)C(C)(C)C)C(=O)c1ccc(N(C)C)cc1. The third-order valence-corrected chi connectivity index (χ3v) is 10.2. The molecule has 0 radical (unpaired) electrons. The van der Waals surface area contributed by atoms with Crippen LogP contribution in [0.15, 0.2) is 24.3 Å². The summed E-state index contributed by atoms with van der Waals surface area (Å²) in [7, 11) is 3.81. The molecule has 4 rings (SSSR count). The number of nitrogens with zero attached hydrogens (tertiary/aromatic N) is 2. The van der Waals surface area contributed by atoms with Crippen LogP contribution >= 0.6 is 0 Å². The normalized spacial score (nSPS) is 23.2. The fourth-order valence-corrected chi connectivity index (χ4v) is 6.93. The minimum atomic E-state index is -1.10. The van der Waals surface area contributed by atoms with Crippen LogP contribution in [0.1, 0.15) is 78.1 Å². The number of hydrogen-bond donors (Lipinski definition) is 4. The van der Waals surface area contributed by atoms with E-state index in [1.165, 1.54) is 4.90 Å². The Labute approximate surface area is 277 Å². The first-order valence-corrected chi connectivity index (χ1v) is 16.6. The highest BCUT2D eigenvalue weighted by Crippen LogP contribution is 2.65. The lowest BCUT2D eigenvalue weighted by molar-refractivity contribution is -0.145. The number of piperidine rings is 1. The lowest BCUT2D eigenvalue weighted by Gasteiger charge is -2.38. The monoisotopic (exact) mass is 652 g/mol. The summed E-state index contributed by atoms with van der Waals surface area (Å²) >= 11 is 0. The summed E-state index contributed by atoms with van der Waals surface area (Å²) in [5.41, 5.74) is 5.74. The Balaban J connectivity index is 1.52. The number of carbonyl (C=O) groups excluding carboxylic acids is 6. The molecule has 3 fully saturated rings. The van der Waals surface area contributed by atoms with Crippen LogP contribution in [0.3, 0.4) is 0 Å². The van der Waals surface area contributed by atoms with Gasteiger partial charge >= 0.3 is 6.03 Å². The number of nitrogens with two attached hydrogens (primary N) is 1. The van der Waals surface area contributed by atoms with Gasteiger partial charge in [0.2, 0.25) is 17.6 Å². The number of likely N-dealkylation sites (tertiary alicyclic amines) is 1. The van der Waals surface area contributed by atoms with Gasteiger partial charge in [0.25, 0.3) is 5.91 Å². The van der Waals surface area contributed by atoms with Crippen molar-refractivity contribution < 1.29 is 28.8 Å². The standard InChI is InChI=1S/C35H52N6O6/c1-18(2)25(27(42)20-12-14-21(15-13-20)40(8)9)38-33(47)39-29(34(3,4)5)32(46)41-17-22-24(35(22,6)7)26(41)31(45)37-23(16-19-10-11-19)28(43)30(36)44/h12-15,18-19,22-26,29H,10-11,16-17H2,1-9H3,(H2,36,44)(H,37,45)(H2,38,39,47)/t22-,23?,24-,25-,26-,29+/m0/s1. The summed E-state index contributed by atoms with van der Waals surface area (Å²) in [6.07, 6.45) is 2.15. The van der Waals surface area contributed by atoms with Crippen LogP contribution in [0.2, 0.25) is 0 Å².